The van der Waals surface area contributed by atoms with Gasteiger partial charge in [-0.3, -0.25) is 0 Å². The molecule has 0 saturated carbocycles. The molecule has 0 spiro atoms. The fourth-order valence-electron chi connectivity index (χ4n) is 3.31. The minimum absolute atomic E-state index is 0.171. The van der Waals surface area contributed by atoms with E-state index in [4.69, 9.17) is 4.74 Å². The van der Waals surface area contributed by atoms with Gasteiger partial charge >= 0.3 is 5.97 Å². The smallest absolute Gasteiger partial charge is 0.335 e. The zero-order valence-corrected chi connectivity index (χ0v) is 17.4. The van der Waals surface area contributed by atoms with Gasteiger partial charge in [0.15, 0.2) is 6.10 Å². The van der Waals surface area contributed by atoms with Gasteiger partial charge in [0.1, 0.15) is 5.75 Å². The molecule has 5 heteroatoms. The van der Waals surface area contributed by atoms with E-state index >= 15 is 0 Å². The summed E-state index contributed by atoms with van der Waals surface area (Å²) in [5, 5.41) is 30.6. The van der Waals surface area contributed by atoms with Crippen LogP contribution in [0.4, 0.5) is 0 Å². The van der Waals surface area contributed by atoms with Gasteiger partial charge < -0.3 is 20.1 Å². The van der Waals surface area contributed by atoms with Gasteiger partial charge in [-0.15, -0.1) is 6.58 Å². The molecule has 0 saturated heterocycles. The SMILES string of the molecule is C=C[C@H]([C@H](O)CC/C(=C/c1cc(C)c(O)c(C)c1)CCC)[C@H](O)C(=O)OCC. The van der Waals surface area contributed by atoms with Crippen LogP contribution in [-0.2, 0) is 9.53 Å². The molecule has 0 aliphatic carbocycles. The summed E-state index contributed by atoms with van der Waals surface area (Å²) < 4.78 is 4.83. The minimum Gasteiger partial charge on any atom is -0.507 e. The van der Waals surface area contributed by atoms with Crippen molar-refractivity contribution in [2.24, 2.45) is 5.92 Å². The lowest BCUT2D eigenvalue weighted by Gasteiger charge is -2.24. The van der Waals surface area contributed by atoms with Gasteiger partial charge in [0.05, 0.1) is 12.7 Å². The number of rotatable bonds is 11. The molecule has 0 aliphatic heterocycles. The first-order chi connectivity index (χ1) is 13.2. The molecule has 156 valence electrons. The van der Waals surface area contributed by atoms with E-state index in [9.17, 15) is 20.1 Å². The average molecular weight is 391 g/mol. The van der Waals surface area contributed by atoms with Gasteiger partial charge in [0, 0.05) is 5.92 Å². The largest absolute Gasteiger partial charge is 0.507 e. The summed E-state index contributed by atoms with van der Waals surface area (Å²) >= 11 is 0. The molecule has 0 radical (unpaired) electrons. The second-order valence-electron chi connectivity index (χ2n) is 7.17. The van der Waals surface area contributed by atoms with Gasteiger partial charge in [-0.05, 0) is 68.9 Å². The van der Waals surface area contributed by atoms with E-state index in [2.05, 4.69) is 19.6 Å². The fourth-order valence-corrected chi connectivity index (χ4v) is 3.31. The molecule has 1 aromatic rings. The molecule has 3 N–H and O–H groups in total. The average Bonchev–Trinajstić information content (AvgIpc) is 2.65. The highest BCUT2D eigenvalue weighted by atomic mass is 16.5. The van der Waals surface area contributed by atoms with Crippen LogP contribution < -0.4 is 0 Å². The standard InChI is InChI=1S/C23H34O5/c1-6-9-17(14-18-12-15(4)21(25)16(5)13-18)10-11-20(24)19(7-2)22(26)23(27)28-8-3/h7,12-14,19-20,22,24-26H,2,6,8-11H2,1,3-5H3/b17-14+/t19-,20-,22+/m1/s1. The van der Waals surface area contributed by atoms with E-state index in [0.29, 0.717) is 18.6 Å². The Morgan fingerprint density at radius 2 is 1.79 bits per heavy atom. The molecule has 0 unspecified atom stereocenters. The monoisotopic (exact) mass is 390 g/mol. The van der Waals surface area contributed by atoms with Gasteiger partial charge in [-0.2, -0.15) is 0 Å². The van der Waals surface area contributed by atoms with Gasteiger partial charge in [0.2, 0.25) is 0 Å². The molecule has 1 rings (SSSR count). The van der Waals surface area contributed by atoms with Crippen molar-refractivity contribution in [3.8, 4) is 5.75 Å². The highest BCUT2D eigenvalue weighted by molar-refractivity contribution is 5.75. The number of carbonyl (C=O) groups excluding carboxylic acids is 1. The number of hydrogen-bond acceptors (Lipinski definition) is 5. The number of aryl methyl sites for hydroxylation is 2. The summed E-state index contributed by atoms with van der Waals surface area (Å²) in [6.45, 7) is 11.3. The maximum Gasteiger partial charge on any atom is 0.335 e. The van der Waals surface area contributed by atoms with Crippen molar-refractivity contribution in [3.63, 3.8) is 0 Å². The van der Waals surface area contributed by atoms with Crippen LogP contribution in [0, 0.1) is 19.8 Å². The lowest BCUT2D eigenvalue weighted by atomic mass is 9.90. The molecule has 0 bridgehead atoms. The molecule has 1 aromatic carbocycles. The first kappa shape index (κ1) is 23.9. The number of phenols is 1. The Morgan fingerprint density at radius 1 is 1.18 bits per heavy atom. The Morgan fingerprint density at radius 3 is 2.29 bits per heavy atom. The van der Waals surface area contributed by atoms with Crippen LogP contribution in [0.25, 0.3) is 6.08 Å². The van der Waals surface area contributed by atoms with Crippen molar-refractivity contribution in [2.45, 2.75) is 65.6 Å². The molecule has 0 aliphatic rings. The Bertz CT molecular complexity index is 669. The van der Waals surface area contributed by atoms with E-state index in [1.807, 2.05) is 26.0 Å². The van der Waals surface area contributed by atoms with E-state index in [1.165, 1.54) is 11.6 Å². The first-order valence-electron chi connectivity index (χ1n) is 9.90. The maximum absolute atomic E-state index is 11.8. The van der Waals surface area contributed by atoms with Crippen molar-refractivity contribution in [1.29, 1.82) is 0 Å². The summed E-state index contributed by atoms with van der Waals surface area (Å²) in [6.07, 6.45) is 4.04. The number of aliphatic hydroxyl groups is 2. The Balaban J connectivity index is 2.89. The lowest BCUT2D eigenvalue weighted by Crippen LogP contribution is -2.37. The number of allylic oxidation sites excluding steroid dienone is 1. The molecular weight excluding hydrogens is 356 g/mol. The lowest BCUT2D eigenvalue weighted by molar-refractivity contribution is -0.157. The maximum atomic E-state index is 11.8. The zero-order valence-electron chi connectivity index (χ0n) is 17.4. The molecule has 28 heavy (non-hydrogen) atoms. The van der Waals surface area contributed by atoms with Crippen LogP contribution in [0.5, 0.6) is 5.75 Å². The zero-order chi connectivity index (χ0) is 21.3. The second-order valence-corrected chi connectivity index (χ2v) is 7.17. The molecule has 5 nitrogen and oxygen atoms in total. The van der Waals surface area contributed by atoms with Gasteiger partial charge in [0.25, 0.3) is 0 Å². The third-order valence-corrected chi connectivity index (χ3v) is 4.83. The van der Waals surface area contributed by atoms with Gasteiger partial charge in [-0.25, -0.2) is 4.79 Å². The van der Waals surface area contributed by atoms with Crippen molar-refractivity contribution >= 4 is 12.0 Å². The third kappa shape index (κ3) is 6.80. The summed E-state index contributed by atoms with van der Waals surface area (Å²) in [5.74, 6) is -1.21. The molecular formula is C23H34O5. The molecule has 3 atom stereocenters. The highest BCUT2D eigenvalue weighted by Crippen LogP contribution is 2.27. The number of carbonyl (C=O) groups is 1. The number of aliphatic hydroxyl groups excluding tert-OH is 2. The first-order valence-corrected chi connectivity index (χ1v) is 9.90. The molecule has 0 heterocycles. The van der Waals surface area contributed by atoms with Crippen molar-refractivity contribution in [2.75, 3.05) is 6.61 Å². The van der Waals surface area contributed by atoms with Crippen molar-refractivity contribution in [3.05, 3.63) is 47.1 Å². The Hall–Kier alpha value is -2.11. The topological polar surface area (TPSA) is 87.0 Å². The number of hydrogen-bond donors (Lipinski definition) is 3. The van der Waals surface area contributed by atoms with Crippen LogP contribution in [0.2, 0.25) is 0 Å². The number of ether oxygens (including phenoxy) is 1. The number of benzene rings is 1. The van der Waals surface area contributed by atoms with Crippen molar-refractivity contribution < 1.29 is 24.9 Å². The predicted octanol–water partition coefficient (Wildman–Crippen LogP) is 4.06. The summed E-state index contributed by atoms with van der Waals surface area (Å²) in [5.41, 5.74) is 3.83. The third-order valence-electron chi connectivity index (χ3n) is 4.83. The van der Waals surface area contributed by atoms with Crippen LogP contribution in [0.15, 0.2) is 30.4 Å². The number of esters is 1. The van der Waals surface area contributed by atoms with Crippen LogP contribution in [0.3, 0.4) is 0 Å². The molecule has 0 aromatic heterocycles. The van der Waals surface area contributed by atoms with E-state index in [1.54, 1.807) is 6.92 Å². The van der Waals surface area contributed by atoms with E-state index in [0.717, 1.165) is 29.5 Å². The quantitative estimate of drug-likeness (QED) is 0.392. The minimum atomic E-state index is -1.42. The van der Waals surface area contributed by atoms with Crippen molar-refractivity contribution in [1.82, 2.24) is 0 Å². The van der Waals surface area contributed by atoms with E-state index in [-0.39, 0.29) is 6.61 Å². The number of aromatic hydroxyl groups is 1. The molecule has 0 fully saturated rings. The summed E-state index contributed by atoms with van der Waals surface area (Å²) in [7, 11) is 0. The normalized spacial score (nSPS) is 15.0. The van der Waals surface area contributed by atoms with Gasteiger partial charge in [-0.1, -0.05) is 31.1 Å². The summed E-state index contributed by atoms with van der Waals surface area (Å²) in [6, 6.07) is 3.87. The fraction of sp³-hybridized carbons (Fsp3) is 0.522. The van der Waals surface area contributed by atoms with Crippen LogP contribution in [0.1, 0.15) is 56.2 Å². The van der Waals surface area contributed by atoms with E-state index < -0.39 is 24.1 Å². The highest BCUT2D eigenvalue weighted by Gasteiger charge is 2.30. The Labute approximate surface area is 168 Å². The van der Waals surface area contributed by atoms with Crippen LogP contribution in [-0.4, -0.2) is 40.1 Å². The Kier molecular flexibility index (Phi) is 9.97. The predicted molar refractivity (Wildman–Crippen MR) is 112 cm³/mol. The second kappa shape index (κ2) is 11.7. The van der Waals surface area contributed by atoms with Crippen LogP contribution >= 0.6 is 0 Å². The number of phenolic OH excluding ortho intramolecular Hbond substituents is 1. The summed E-state index contributed by atoms with van der Waals surface area (Å²) in [4.78, 5) is 11.8. The molecule has 0 amide bonds.